The third kappa shape index (κ3) is 2.88. The third-order valence-electron chi connectivity index (χ3n) is 3.70. The molecule has 5 nitrogen and oxygen atoms in total. The average Bonchev–Trinajstić information content (AvgIpc) is 2.37. The highest BCUT2D eigenvalue weighted by Crippen LogP contribution is 2.30. The third-order valence-corrected chi connectivity index (χ3v) is 4.01. The van der Waals surface area contributed by atoms with Crippen molar-refractivity contribution in [2.45, 2.75) is 25.8 Å². The number of aliphatic carboxylic acids is 1. The van der Waals surface area contributed by atoms with Crippen LogP contribution in [0.25, 0.3) is 0 Å². The number of nitrogens with two attached hydrogens (primary N) is 1. The van der Waals surface area contributed by atoms with E-state index in [1.54, 1.807) is 12.1 Å². The molecule has 1 aliphatic heterocycles. The van der Waals surface area contributed by atoms with E-state index in [1.165, 1.54) is 6.07 Å². The lowest BCUT2D eigenvalue weighted by Gasteiger charge is -2.37. The summed E-state index contributed by atoms with van der Waals surface area (Å²) in [6.07, 6.45) is 1.53. The zero-order chi connectivity index (χ0) is 14.9. The average molecular weight is 297 g/mol. The Balaban J connectivity index is 2.32. The van der Waals surface area contributed by atoms with Gasteiger partial charge >= 0.3 is 5.97 Å². The number of carbonyl (C=O) groups excluding carboxylic acids is 1. The van der Waals surface area contributed by atoms with Gasteiger partial charge in [-0.05, 0) is 37.0 Å². The number of primary amides is 1. The van der Waals surface area contributed by atoms with Crippen molar-refractivity contribution in [1.82, 2.24) is 0 Å². The first kappa shape index (κ1) is 14.7. The van der Waals surface area contributed by atoms with Crippen LogP contribution in [0.3, 0.4) is 0 Å². The van der Waals surface area contributed by atoms with Crippen molar-refractivity contribution in [2.75, 3.05) is 11.4 Å². The Morgan fingerprint density at radius 3 is 2.70 bits per heavy atom. The maximum atomic E-state index is 11.4. The van der Waals surface area contributed by atoms with Crippen molar-refractivity contribution in [3.05, 3.63) is 28.8 Å². The van der Waals surface area contributed by atoms with E-state index in [0.29, 0.717) is 24.6 Å². The van der Waals surface area contributed by atoms with Gasteiger partial charge < -0.3 is 15.7 Å². The molecule has 0 radical (unpaired) electrons. The Kier molecular flexibility index (Phi) is 4.18. The number of rotatable bonds is 3. The number of carboxylic acid groups (broad SMARTS) is 1. The summed E-state index contributed by atoms with van der Waals surface area (Å²) >= 11 is 6.02. The molecule has 1 heterocycles. The van der Waals surface area contributed by atoms with Crippen molar-refractivity contribution in [3.8, 4) is 0 Å². The molecule has 2 unspecified atom stereocenters. The fourth-order valence-electron chi connectivity index (χ4n) is 2.57. The first-order valence-corrected chi connectivity index (χ1v) is 6.86. The van der Waals surface area contributed by atoms with Crippen molar-refractivity contribution >= 4 is 29.2 Å². The van der Waals surface area contributed by atoms with E-state index >= 15 is 0 Å². The molecule has 1 fully saturated rings. The van der Waals surface area contributed by atoms with Gasteiger partial charge in [-0.2, -0.15) is 0 Å². The van der Waals surface area contributed by atoms with Crippen LogP contribution in [0, 0.1) is 5.92 Å². The molecule has 2 rings (SSSR count). The first-order valence-electron chi connectivity index (χ1n) is 6.49. The second kappa shape index (κ2) is 5.71. The van der Waals surface area contributed by atoms with Crippen LogP contribution < -0.4 is 10.6 Å². The quantitative estimate of drug-likeness (QED) is 0.895. The highest BCUT2D eigenvalue weighted by atomic mass is 35.5. The topological polar surface area (TPSA) is 83.6 Å². The smallest absolute Gasteiger partial charge is 0.326 e. The number of piperidine rings is 1. The fraction of sp³-hybridized carbons (Fsp3) is 0.429. The Hall–Kier alpha value is -1.75. The Morgan fingerprint density at radius 1 is 1.45 bits per heavy atom. The summed E-state index contributed by atoms with van der Waals surface area (Å²) in [6, 6.07) is 4.27. The molecule has 1 aliphatic rings. The molecule has 3 N–H and O–H groups in total. The van der Waals surface area contributed by atoms with Gasteiger partial charge in [-0.1, -0.05) is 18.5 Å². The van der Waals surface area contributed by atoms with E-state index in [1.807, 2.05) is 4.90 Å². The van der Waals surface area contributed by atoms with E-state index in [0.717, 1.165) is 6.42 Å². The Morgan fingerprint density at radius 2 is 2.15 bits per heavy atom. The summed E-state index contributed by atoms with van der Waals surface area (Å²) in [5.41, 5.74) is 6.16. The van der Waals surface area contributed by atoms with Gasteiger partial charge in [-0.25, -0.2) is 4.79 Å². The lowest BCUT2D eigenvalue weighted by Crippen LogP contribution is -2.47. The fourth-order valence-corrected chi connectivity index (χ4v) is 2.84. The number of carbonyl (C=O) groups is 2. The highest BCUT2D eigenvalue weighted by Gasteiger charge is 2.32. The van der Waals surface area contributed by atoms with Gasteiger partial charge in [0.25, 0.3) is 0 Å². The largest absolute Gasteiger partial charge is 0.480 e. The van der Waals surface area contributed by atoms with Crippen molar-refractivity contribution < 1.29 is 14.7 Å². The molecule has 1 aromatic carbocycles. The van der Waals surface area contributed by atoms with Gasteiger partial charge in [0.2, 0.25) is 5.91 Å². The van der Waals surface area contributed by atoms with E-state index in [2.05, 4.69) is 6.92 Å². The van der Waals surface area contributed by atoms with Gasteiger partial charge in [0, 0.05) is 12.2 Å². The molecule has 1 saturated heterocycles. The van der Waals surface area contributed by atoms with Crippen molar-refractivity contribution in [3.63, 3.8) is 0 Å². The zero-order valence-corrected chi connectivity index (χ0v) is 11.9. The highest BCUT2D eigenvalue weighted by molar-refractivity contribution is 6.34. The minimum absolute atomic E-state index is 0.243. The molecule has 1 aromatic rings. The predicted molar refractivity (Wildman–Crippen MR) is 77.1 cm³/mol. The lowest BCUT2D eigenvalue weighted by atomic mass is 9.92. The molecule has 0 saturated carbocycles. The number of hydrogen-bond acceptors (Lipinski definition) is 3. The van der Waals surface area contributed by atoms with Gasteiger partial charge in [-0.3, -0.25) is 4.79 Å². The van der Waals surface area contributed by atoms with Gasteiger partial charge in [-0.15, -0.1) is 0 Å². The molecule has 0 bridgehead atoms. The SMILES string of the molecule is CC1CCN(c2ccc(C(N)=O)c(Cl)c2)C(C(=O)O)C1. The molecule has 0 aliphatic carbocycles. The number of hydrogen-bond donors (Lipinski definition) is 2. The van der Waals surface area contributed by atoms with E-state index in [9.17, 15) is 14.7 Å². The summed E-state index contributed by atoms with van der Waals surface area (Å²) in [4.78, 5) is 24.4. The number of anilines is 1. The van der Waals surface area contributed by atoms with Gasteiger partial charge in [0.1, 0.15) is 6.04 Å². The maximum absolute atomic E-state index is 11.4. The summed E-state index contributed by atoms with van der Waals surface area (Å²) in [5.74, 6) is -1.05. The Bertz CT molecular complexity index is 547. The van der Waals surface area contributed by atoms with Crippen LogP contribution in [0.5, 0.6) is 0 Å². The van der Waals surface area contributed by atoms with E-state index < -0.39 is 17.9 Å². The van der Waals surface area contributed by atoms with Crippen LogP contribution >= 0.6 is 11.6 Å². The summed E-state index contributed by atoms with van der Waals surface area (Å²) < 4.78 is 0. The lowest BCUT2D eigenvalue weighted by molar-refractivity contribution is -0.139. The standard InChI is InChI=1S/C14H17ClN2O3/c1-8-4-5-17(12(6-8)14(19)20)9-2-3-10(13(16)18)11(15)7-9/h2-3,7-8,12H,4-6H2,1H3,(H2,16,18)(H,19,20). The minimum Gasteiger partial charge on any atom is -0.480 e. The predicted octanol–water partition coefficient (Wildman–Crippen LogP) is 2.13. The number of nitrogens with zero attached hydrogens (tertiary/aromatic N) is 1. The molecular weight excluding hydrogens is 280 g/mol. The molecule has 20 heavy (non-hydrogen) atoms. The molecule has 0 spiro atoms. The van der Waals surface area contributed by atoms with Crippen LogP contribution in [0.1, 0.15) is 30.1 Å². The van der Waals surface area contributed by atoms with Crippen LogP contribution in [0.15, 0.2) is 18.2 Å². The molecule has 2 atom stereocenters. The molecule has 0 aromatic heterocycles. The van der Waals surface area contributed by atoms with Gasteiger partial charge in [0.05, 0.1) is 10.6 Å². The molecular formula is C14H17ClN2O3. The number of halogens is 1. The second-order valence-corrected chi connectivity index (χ2v) is 5.61. The normalized spacial score (nSPS) is 22.6. The van der Waals surface area contributed by atoms with E-state index in [-0.39, 0.29) is 10.6 Å². The summed E-state index contributed by atoms with van der Waals surface area (Å²) in [7, 11) is 0. The molecule has 108 valence electrons. The zero-order valence-electron chi connectivity index (χ0n) is 11.2. The maximum Gasteiger partial charge on any atom is 0.326 e. The minimum atomic E-state index is -0.841. The van der Waals surface area contributed by atoms with Crippen LogP contribution in [0.4, 0.5) is 5.69 Å². The Labute approximate surface area is 122 Å². The number of carboxylic acids is 1. The number of amides is 1. The molecule has 6 heteroatoms. The summed E-state index contributed by atoms with van der Waals surface area (Å²) in [5, 5.41) is 9.60. The van der Waals surface area contributed by atoms with Crippen LogP contribution in [-0.4, -0.2) is 29.6 Å². The van der Waals surface area contributed by atoms with Gasteiger partial charge in [0.15, 0.2) is 0 Å². The van der Waals surface area contributed by atoms with Crippen molar-refractivity contribution in [1.29, 1.82) is 0 Å². The monoisotopic (exact) mass is 296 g/mol. The van der Waals surface area contributed by atoms with E-state index in [4.69, 9.17) is 17.3 Å². The van der Waals surface area contributed by atoms with Crippen LogP contribution in [-0.2, 0) is 4.79 Å². The first-order chi connectivity index (χ1) is 9.40. The molecule has 1 amide bonds. The number of benzene rings is 1. The van der Waals surface area contributed by atoms with Crippen molar-refractivity contribution in [2.24, 2.45) is 11.7 Å². The summed E-state index contributed by atoms with van der Waals surface area (Å²) in [6.45, 7) is 2.71. The second-order valence-electron chi connectivity index (χ2n) is 5.21. The van der Waals surface area contributed by atoms with Crippen LogP contribution in [0.2, 0.25) is 5.02 Å².